The summed E-state index contributed by atoms with van der Waals surface area (Å²) in [5, 5.41) is 0.805. The molecule has 0 bridgehead atoms. The topological polar surface area (TPSA) is 3.24 Å². The molecule has 0 saturated heterocycles. The van der Waals surface area contributed by atoms with Crippen molar-refractivity contribution >= 4 is 11.6 Å². The van der Waals surface area contributed by atoms with E-state index in [1.807, 2.05) is 6.07 Å². The Bertz CT molecular complexity index is 1140. The molecule has 0 aliphatic heterocycles. The van der Waals surface area contributed by atoms with Gasteiger partial charge >= 0.3 is 0 Å². The predicted molar refractivity (Wildman–Crippen MR) is 138 cm³/mol. The van der Waals surface area contributed by atoms with Crippen LogP contribution in [0.3, 0.4) is 0 Å². The largest absolute Gasteiger partial charge is 0.285 e. The zero-order chi connectivity index (χ0) is 22.7. The zero-order valence-electron chi connectivity index (χ0n) is 19.1. The van der Waals surface area contributed by atoms with E-state index in [9.17, 15) is 0 Å². The highest BCUT2D eigenvalue weighted by Crippen LogP contribution is 2.59. The molecule has 4 aromatic rings. The van der Waals surface area contributed by atoms with E-state index in [1.165, 1.54) is 22.3 Å². The average Bonchev–Trinajstić information content (AvgIpc) is 2.83. The SMILES string of the molecule is CC1(c2ccccc2)CC(c2cccc(Cl)c2)(N(Cc2ccccc2)Cc2ccccc2)C1. The van der Waals surface area contributed by atoms with Gasteiger partial charge in [0.2, 0.25) is 0 Å². The minimum atomic E-state index is -0.0822. The van der Waals surface area contributed by atoms with Crippen LogP contribution in [0.25, 0.3) is 0 Å². The van der Waals surface area contributed by atoms with Gasteiger partial charge in [-0.15, -0.1) is 0 Å². The van der Waals surface area contributed by atoms with Crippen LogP contribution in [0.1, 0.15) is 42.0 Å². The Morgan fingerprint density at radius 1 is 0.636 bits per heavy atom. The number of nitrogens with zero attached hydrogens (tertiary/aromatic N) is 1. The smallest absolute Gasteiger partial charge is 0.0485 e. The second-order valence-corrected chi connectivity index (χ2v) is 10.1. The maximum absolute atomic E-state index is 6.53. The third-order valence-electron chi connectivity index (χ3n) is 7.24. The van der Waals surface area contributed by atoms with Crippen LogP contribution in [0.4, 0.5) is 0 Å². The molecule has 33 heavy (non-hydrogen) atoms. The summed E-state index contributed by atoms with van der Waals surface area (Å²) < 4.78 is 0. The second-order valence-electron chi connectivity index (χ2n) is 9.65. The maximum Gasteiger partial charge on any atom is 0.0485 e. The van der Waals surface area contributed by atoms with E-state index in [2.05, 4.69) is 121 Å². The lowest BCUT2D eigenvalue weighted by molar-refractivity contribution is -0.0559. The van der Waals surface area contributed by atoms with Crippen molar-refractivity contribution in [1.29, 1.82) is 0 Å². The zero-order valence-corrected chi connectivity index (χ0v) is 19.9. The average molecular weight is 452 g/mol. The van der Waals surface area contributed by atoms with Crippen molar-refractivity contribution in [3.63, 3.8) is 0 Å². The molecular formula is C31H30ClN. The highest BCUT2D eigenvalue weighted by Gasteiger charge is 2.56. The first-order valence-electron chi connectivity index (χ1n) is 11.7. The van der Waals surface area contributed by atoms with Crippen molar-refractivity contribution < 1.29 is 0 Å². The number of halogens is 1. The van der Waals surface area contributed by atoms with Crippen LogP contribution in [0.15, 0.2) is 115 Å². The molecule has 5 rings (SSSR count). The van der Waals surface area contributed by atoms with Gasteiger partial charge in [0.05, 0.1) is 0 Å². The van der Waals surface area contributed by atoms with Crippen LogP contribution in [-0.2, 0) is 24.0 Å². The first-order valence-corrected chi connectivity index (χ1v) is 12.1. The first-order chi connectivity index (χ1) is 16.1. The summed E-state index contributed by atoms with van der Waals surface area (Å²) in [6.45, 7) is 4.20. The van der Waals surface area contributed by atoms with E-state index in [0.717, 1.165) is 31.0 Å². The molecule has 1 saturated carbocycles. The van der Waals surface area contributed by atoms with Crippen molar-refractivity contribution in [3.8, 4) is 0 Å². The molecule has 1 nitrogen and oxygen atoms in total. The molecule has 1 aliphatic rings. The third kappa shape index (κ3) is 4.49. The molecule has 0 N–H and O–H groups in total. The lowest BCUT2D eigenvalue weighted by Crippen LogP contribution is -2.60. The standard InChI is InChI=1S/C31H30ClN/c1-30(27-16-9-4-10-17-27)23-31(24-30,28-18-11-19-29(32)20-28)33(21-25-12-5-2-6-13-25)22-26-14-7-3-8-15-26/h2-20H,21-24H2,1H3. The Hall–Kier alpha value is -2.87. The van der Waals surface area contributed by atoms with Gasteiger partial charge in [-0.3, -0.25) is 4.90 Å². The molecule has 2 heteroatoms. The Labute approximate surface area is 202 Å². The minimum Gasteiger partial charge on any atom is -0.285 e. The Morgan fingerprint density at radius 3 is 1.64 bits per heavy atom. The summed E-state index contributed by atoms with van der Waals surface area (Å²) in [5.41, 5.74) is 5.46. The van der Waals surface area contributed by atoms with Crippen LogP contribution in [0, 0.1) is 0 Å². The van der Waals surface area contributed by atoms with E-state index in [1.54, 1.807) is 0 Å². The van der Waals surface area contributed by atoms with Crippen LogP contribution in [0.2, 0.25) is 5.02 Å². The summed E-state index contributed by atoms with van der Waals surface area (Å²) in [6, 6.07) is 41.2. The molecule has 0 heterocycles. The lowest BCUT2D eigenvalue weighted by atomic mass is 9.52. The Balaban J connectivity index is 1.58. The van der Waals surface area contributed by atoms with Crippen molar-refractivity contribution in [3.05, 3.63) is 143 Å². The summed E-state index contributed by atoms with van der Waals surface area (Å²) in [7, 11) is 0. The number of benzene rings is 4. The Kier molecular flexibility index (Phi) is 6.10. The molecule has 0 radical (unpaired) electrons. The minimum absolute atomic E-state index is 0.0822. The molecule has 0 unspecified atom stereocenters. The van der Waals surface area contributed by atoms with Gasteiger partial charge in [0.25, 0.3) is 0 Å². The van der Waals surface area contributed by atoms with Gasteiger partial charge in [0.1, 0.15) is 0 Å². The van der Waals surface area contributed by atoms with E-state index in [-0.39, 0.29) is 11.0 Å². The molecule has 1 fully saturated rings. The molecule has 166 valence electrons. The fourth-order valence-corrected chi connectivity index (χ4v) is 5.83. The lowest BCUT2D eigenvalue weighted by Gasteiger charge is -2.60. The van der Waals surface area contributed by atoms with E-state index < -0.39 is 0 Å². The predicted octanol–water partition coefficient (Wildman–Crippen LogP) is 7.99. The Morgan fingerprint density at radius 2 is 1.12 bits per heavy atom. The van der Waals surface area contributed by atoms with E-state index >= 15 is 0 Å². The molecule has 0 amide bonds. The first kappa shape index (κ1) is 21.9. The van der Waals surface area contributed by atoms with Gasteiger partial charge in [-0.2, -0.15) is 0 Å². The van der Waals surface area contributed by atoms with Crippen molar-refractivity contribution in [2.24, 2.45) is 0 Å². The van der Waals surface area contributed by atoms with Crippen LogP contribution in [0.5, 0.6) is 0 Å². The summed E-state index contributed by atoms with van der Waals surface area (Å²) in [5.74, 6) is 0. The number of hydrogen-bond acceptors (Lipinski definition) is 1. The van der Waals surface area contributed by atoms with Gasteiger partial charge < -0.3 is 0 Å². The normalized spacial score (nSPS) is 22.2. The monoisotopic (exact) mass is 451 g/mol. The fourth-order valence-electron chi connectivity index (χ4n) is 5.64. The van der Waals surface area contributed by atoms with Crippen LogP contribution >= 0.6 is 11.6 Å². The van der Waals surface area contributed by atoms with Gasteiger partial charge in [-0.1, -0.05) is 122 Å². The summed E-state index contributed by atoms with van der Waals surface area (Å²) >= 11 is 6.53. The van der Waals surface area contributed by atoms with E-state index in [4.69, 9.17) is 11.6 Å². The molecule has 1 aliphatic carbocycles. The van der Waals surface area contributed by atoms with Crippen molar-refractivity contribution in [1.82, 2.24) is 4.90 Å². The van der Waals surface area contributed by atoms with Gasteiger partial charge in [0.15, 0.2) is 0 Å². The number of hydrogen-bond donors (Lipinski definition) is 0. The van der Waals surface area contributed by atoms with Crippen LogP contribution < -0.4 is 0 Å². The molecular weight excluding hydrogens is 422 g/mol. The highest BCUT2D eigenvalue weighted by molar-refractivity contribution is 6.30. The van der Waals surface area contributed by atoms with Gasteiger partial charge in [-0.05, 0) is 52.6 Å². The summed E-state index contributed by atoms with van der Waals surface area (Å²) in [6.07, 6.45) is 2.12. The van der Waals surface area contributed by atoms with Crippen molar-refractivity contribution in [2.45, 2.75) is 43.8 Å². The van der Waals surface area contributed by atoms with Crippen LogP contribution in [-0.4, -0.2) is 4.90 Å². The quantitative estimate of drug-likeness (QED) is 0.275. The summed E-state index contributed by atoms with van der Waals surface area (Å²) in [4.78, 5) is 2.67. The number of rotatable bonds is 7. The molecule has 4 aromatic carbocycles. The van der Waals surface area contributed by atoms with Gasteiger partial charge in [0, 0.05) is 23.7 Å². The second kappa shape index (κ2) is 9.17. The maximum atomic E-state index is 6.53. The van der Waals surface area contributed by atoms with E-state index in [0.29, 0.717) is 0 Å². The highest BCUT2D eigenvalue weighted by atomic mass is 35.5. The van der Waals surface area contributed by atoms with Crippen molar-refractivity contribution in [2.75, 3.05) is 0 Å². The molecule has 0 atom stereocenters. The third-order valence-corrected chi connectivity index (χ3v) is 7.47. The fraction of sp³-hybridized carbons (Fsp3) is 0.226. The molecule has 0 aromatic heterocycles. The van der Waals surface area contributed by atoms with Gasteiger partial charge in [-0.25, -0.2) is 0 Å². The molecule has 0 spiro atoms.